The van der Waals surface area contributed by atoms with E-state index >= 15 is 0 Å². The zero-order valence-electron chi connectivity index (χ0n) is 10.00. The molecule has 3 rings (SSSR count). The first-order valence-corrected chi connectivity index (χ1v) is 6.16. The first-order chi connectivity index (χ1) is 8.74. The Bertz CT molecular complexity index is 736. The predicted octanol–water partition coefficient (Wildman–Crippen LogP) is 2.07. The summed E-state index contributed by atoms with van der Waals surface area (Å²) in [7, 11) is 1.92. The Hall–Kier alpha value is -1.95. The highest BCUT2D eigenvalue weighted by molar-refractivity contribution is 7.71. The molecule has 0 amide bonds. The van der Waals surface area contributed by atoms with Gasteiger partial charge in [-0.05, 0) is 24.4 Å². The molecule has 92 valence electrons. The normalized spacial score (nSPS) is 11.2. The Labute approximate surface area is 109 Å². The average Bonchev–Trinajstić information content (AvgIpc) is 2.90. The van der Waals surface area contributed by atoms with Crippen LogP contribution in [0.1, 0.15) is 5.69 Å². The Morgan fingerprint density at radius 1 is 1.39 bits per heavy atom. The molecule has 0 unspecified atom stereocenters. The third-order valence-corrected chi connectivity index (χ3v) is 3.26. The van der Waals surface area contributed by atoms with Crippen LogP contribution in [-0.4, -0.2) is 24.3 Å². The third kappa shape index (κ3) is 1.95. The first kappa shape index (κ1) is 11.2. The molecule has 18 heavy (non-hydrogen) atoms. The molecular formula is C12H13N5S. The standard InChI is InChI=1S/C12H13N5S/c1-16-6-3-9(15-16)4-7-17-11-2-5-13-8-10(11)14-12(17)18/h2-3,5-6,8H,4,7H2,1H3,(H,14,18). The lowest BCUT2D eigenvalue weighted by Crippen LogP contribution is -2.02. The van der Waals surface area contributed by atoms with Crippen molar-refractivity contribution >= 4 is 23.3 Å². The zero-order valence-corrected chi connectivity index (χ0v) is 10.8. The van der Waals surface area contributed by atoms with Gasteiger partial charge in [0.2, 0.25) is 0 Å². The third-order valence-electron chi connectivity index (χ3n) is 2.94. The largest absolute Gasteiger partial charge is 0.329 e. The van der Waals surface area contributed by atoms with Gasteiger partial charge in [-0.15, -0.1) is 0 Å². The molecule has 0 bridgehead atoms. The van der Waals surface area contributed by atoms with Gasteiger partial charge >= 0.3 is 0 Å². The molecule has 0 saturated carbocycles. The fraction of sp³-hybridized carbons (Fsp3) is 0.250. The van der Waals surface area contributed by atoms with Gasteiger partial charge in [-0.1, -0.05) is 0 Å². The van der Waals surface area contributed by atoms with Crippen molar-refractivity contribution in [2.24, 2.45) is 7.05 Å². The van der Waals surface area contributed by atoms with Gasteiger partial charge in [0, 0.05) is 32.4 Å². The first-order valence-electron chi connectivity index (χ1n) is 5.75. The average molecular weight is 259 g/mol. The molecule has 5 nitrogen and oxygen atoms in total. The van der Waals surface area contributed by atoms with Crippen molar-refractivity contribution in [2.75, 3.05) is 0 Å². The maximum Gasteiger partial charge on any atom is 0.178 e. The van der Waals surface area contributed by atoms with Crippen LogP contribution in [0.2, 0.25) is 0 Å². The second-order valence-electron chi connectivity index (χ2n) is 4.21. The number of aryl methyl sites for hydroxylation is 3. The number of hydrogen-bond donors (Lipinski definition) is 1. The maximum atomic E-state index is 5.33. The van der Waals surface area contributed by atoms with E-state index in [0.717, 1.165) is 34.5 Å². The van der Waals surface area contributed by atoms with Crippen LogP contribution in [0.4, 0.5) is 0 Å². The minimum Gasteiger partial charge on any atom is -0.329 e. The van der Waals surface area contributed by atoms with E-state index in [1.54, 1.807) is 12.4 Å². The van der Waals surface area contributed by atoms with Crippen molar-refractivity contribution < 1.29 is 0 Å². The minimum absolute atomic E-state index is 0.730. The molecule has 0 aliphatic rings. The van der Waals surface area contributed by atoms with Crippen LogP contribution in [0, 0.1) is 4.77 Å². The number of nitrogens with zero attached hydrogens (tertiary/aromatic N) is 4. The van der Waals surface area contributed by atoms with Crippen molar-refractivity contribution in [1.29, 1.82) is 0 Å². The Morgan fingerprint density at radius 3 is 3.06 bits per heavy atom. The van der Waals surface area contributed by atoms with Crippen molar-refractivity contribution in [1.82, 2.24) is 24.3 Å². The van der Waals surface area contributed by atoms with Crippen LogP contribution in [0.5, 0.6) is 0 Å². The molecule has 3 aromatic heterocycles. The number of rotatable bonds is 3. The Morgan fingerprint density at radius 2 is 2.28 bits per heavy atom. The van der Waals surface area contributed by atoms with Crippen molar-refractivity contribution in [2.45, 2.75) is 13.0 Å². The van der Waals surface area contributed by atoms with E-state index in [-0.39, 0.29) is 0 Å². The SMILES string of the molecule is Cn1ccc(CCn2c(=S)[nH]c3cnccc32)n1. The van der Waals surface area contributed by atoms with Gasteiger partial charge in [0.15, 0.2) is 4.77 Å². The van der Waals surface area contributed by atoms with E-state index in [9.17, 15) is 0 Å². The molecule has 0 aliphatic carbocycles. The Kier molecular flexibility index (Phi) is 2.71. The summed E-state index contributed by atoms with van der Waals surface area (Å²) in [5.74, 6) is 0. The van der Waals surface area contributed by atoms with E-state index in [4.69, 9.17) is 12.2 Å². The van der Waals surface area contributed by atoms with Crippen LogP contribution in [0.3, 0.4) is 0 Å². The van der Waals surface area contributed by atoms with E-state index in [0.29, 0.717) is 0 Å². The summed E-state index contributed by atoms with van der Waals surface area (Å²) in [6.45, 7) is 0.819. The Balaban J connectivity index is 1.90. The van der Waals surface area contributed by atoms with Crippen LogP contribution in [-0.2, 0) is 20.0 Å². The van der Waals surface area contributed by atoms with E-state index in [1.807, 2.05) is 30.1 Å². The number of nitrogens with one attached hydrogen (secondary N) is 1. The molecule has 6 heteroatoms. The van der Waals surface area contributed by atoms with Crippen LogP contribution in [0.15, 0.2) is 30.7 Å². The van der Waals surface area contributed by atoms with Crippen LogP contribution >= 0.6 is 12.2 Å². The summed E-state index contributed by atoms with van der Waals surface area (Å²) < 4.78 is 4.63. The van der Waals surface area contributed by atoms with Crippen LogP contribution in [0.25, 0.3) is 11.0 Å². The van der Waals surface area contributed by atoms with E-state index in [1.165, 1.54) is 0 Å². The number of fused-ring (bicyclic) bond motifs is 1. The fourth-order valence-corrected chi connectivity index (χ4v) is 2.36. The van der Waals surface area contributed by atoms with E-state index < -0.39 is 0 Å². The van der Waals surface area contributed by atoms with Gasteiger partial charge in [-0.3, -0.25) is 9.67 Å². The lowest BCUT2D eigenvalue weighted by Gasteiger charge is -2.02. The van der Waals surface area contributed by atoms with E-state index in [2.05, 4.69) is 19.6 Å². The maximum absolute atomic E-state index is 5.33. The molecule has 3 heterocycles. The number of aromatic amines is 1. The summed E-state index contributed by atoms with van der Waals surface area (Å²) in [5.41, 5.74) is 3.14. The van der Waals surface area contributed by atoms with Gasteiger partial charge in [-0.2, -0.15) is 5.10 Å². The van der Waals surface area contributed by atoms with Gasteiger partial charge < -0.3 is 9.55 Å². The van der Waals surface area contributed by atoms with Crippen molar-refractivity contribution in [3.05, 3.63) is 41.2 Å². The highest BCUT2D eigenvalue weighted by atomic mass is 32.1. The highest BCUT2D eigenvalue weighted by Gasteiger charge is 2.05. The molecule has 1 N–H and O–H groups in total. The predicted molar refractivity (Wildman–Crippen MR) is 71.8 cm³/mol. The number of pyridine rings is 1. The molecule has 3 aromatic rings. The van der Waals surface area contributed by atoms with Gasteiger partial charge in [0.1, 0.15) is 0 Å². The van der Waals surface area contributed by atoms with Gasteiger partial charge in [0.05, 0.1) is 22.9 Å². The molecule has 0 saturated heterocycles. The summed E-state index contributed by atoms with van der Waals surface area (Å²) in [5, 5.41) is 4.37. The second-order valence-corrected chi connectivity index (χ2v) is 4.59. The highest BCUT2D eigenvalue weighted by Crippen LogP contribution is 2.12. The number of hydrogen-bond acceptors (Lipinski definition) is 3. The molecule has 0 aromatic carbocycles. The quantitative estimate of drug-likeness (QED) is 0.733. The monoisotopic (exact) mass is 259 g/mol. The molecular weight excluding hydrogens is 246 g/mol. The number of imidazole rings is 1. The zero-order chi connectivity index (χ0) is 12.5. The van der Waals surface area contributed by atoms with Crippen molar-refractivity contribution in [3.63, 3.8) is 0 Å². The smallest absolute Gasteiger partial charge is 0.178 e. The summed E-state index contributed by atoms with van der Waals surface area (Å²) in [4.78, 5) is 7.24. The fourth-order valence-electron chi connectivity index (χ4n) is 2.06. The molecule has 0 fully saturated rings. The summed E-state index contributed by atoms with van der Waals surface area (Å²) in [6.07, 6.45) is 6.39. The molecule has 0 aliphatic heterocycles. The van der Waals surface area contributed by atoms with Crippen molar-refractivity contribution in [3.8, 4) is 0 Å². The summed E-state index contributed by atoms with van der Waals surface area (Å²) >= 11 is 5.33. The number of aromatic nitrogens is 5. The number of H-pyrrole nitrogens is 1. The van der Waals surface area contributed by atoms with Crippen LogP contribution < -0.4 is 0 Å². The lowest BCUT2D eigenvalue weighted by molar-refractivity contribution is 0.671. The molecule has 0 radical (unpaired) electrons. The van der Waals surface area contributed by atoms with Gasteiger partial charge in [0.25, 0.3) is 0 Å². The second kappa shape index (κ2) is 4.38. The molecule has 0 atom stereocenters. The minimum atomic E-state index is 0.730. The van der Waals surface area contributed by atoms with Gasteiger partial charge in [-0.25, -0.2) is 0 Å². The lowest BCUT2D eigenvalue weighted by atomic mass is 10.3. The topological polar surface area (TPSA) is 51.4 Å². The summed E-state index contributed by atoms with van der Waals surface area (Å²) in [6, 6.07) is 4.00. The molecule has 0 spiro atoms.